The average molecular weight is 296 g/mol. The lowest BCUT2D eigenvalue weighted by atomic mass is 10.1. The summed E-state index contributed by atoms with van der Waals surface area (Å²) < 4.78 is 2.20. The van der Waals surface area contributed by atoms with Gasteiger partial charge in [0.2, 0.25) is 0 Å². The monoisotopic (exact) mass is 296 g/mol. The molecule has 3 rings (SSSR count). The fourth-order valence-corrected chi connectivity index (χ4v) is 4.59. The Hall–Kier alpha value is -0.720. The Morgan fingerprint density at radius 3 is 3.16 bits per heavy atom. The van der Waals surface area contributed by atoms with Gasteiger partial charge in [-0.15, -0.1) is 11.3 Å². The molecule has 2 aromatic heterocycles. The molecule has 2 atom stereocenters. The molecular formula is C13H20N4S2. The van der Waals surface area contributed by atoms with Gasteiger partial charge in [-0.1, -0.05) is 0 Å². The number of imidazole rings is 1. The third-order valence-electron chi connectivity index (χ3n) is 3.64. The molecule has 1 saturated heterocycles. The first-order chi connectivity index (χ1) is 9.16. The number of fused-ring (bicyclic) bond motifs is 1. The number of rotatable bonds is 4. The van der Waals surface area contributed by atoms with Crippen molar-refractivity contribution in [3.63, 3.8) is 0 Å². The largest absolute Gasteiger partial charge is 0.354 e. The van der Waals surface area contributed by atoms with Crippen LogP contribution in [0, 0.1) is 0 Å². The Morgan fingerprint density at radius 1 is 1.63 bits per heavy atom. The molecule has 0 spiro atoms. The van der Waals surface area contributed by atoms with Crippen LogP contribution in [0.15, 0.2) is 11.6 Å². The van der Waals surface area contributed by atoms with Crippen molar-refractivity contribution in [3.8, 4) is 0 Å². The van der Waals surface area contributed by atoms with Crippen molar-refractivity contribution in [1.82, 2.24) is 9.38 Å². The van der Waals surface area contributed by atoms with Crippen molar-refractivity contribution >= 4 is 33.9 Å². The number of nitrogens with zero attached hydrogens (tertiary/aromatic N) is 3. The highest BCUT2D eigenvalue weighted by molar-refractivity contribution is 7.99. The highest BCUT2D eigenvalue weighted by atomic mass is 32.2. The number of aromatic nitrogens is 2. The summed E-state index contributed by atoms with van der Waals surface area (Å²) in [7, 11) is 2.17. The fourth-order valence-electron chi connectivity index (χ4n) is 2.60. The van der Waals surface area contributed by atoms with Gasteiger partial charge in [0.15, 0.2) is 10.8 Å². The average Bonchev–Trinajstić information content (AvgIpc) is 3.04. The van der Waals surface area contributed by atoms with Gasteiger partial charge in [-0.2, -0.15) is 11.8 Å². The zero-order chi connectivity index (χ0) is 13.4. The molecule has 0 saturated carbocycles. The molecule has 19 heavy (non-hydrogen) atoms. The van der Waals surface area contributed by atoms with Crippen LogP contribution in [0.4, 0.5) is 5.82 Å². The summed E-state index contributed by atoms with van der Waals surface area (Å²) in [5, 5.41) is 2.09. The maximum Gasteiger partial charge on any atom is 0.195 e. The molecule has 0 bridgehead atoms. The van der Waals surface area contributed by atoms with Gasteiger partial charge in [0.05, 0.1) is 5.69 Å². The molecule has 1 aliphatic rings. The first-order valence-electron chi connectivity index (χ1n) is 6.67. The summed E-state index contributed by atoms with van der Waals surface area (Å²) in [5.41, 5.74) is 7.26. The second-order valence-electron chi connectivity index (χ2n) is 5.25. The molecule has 4 nitrogen and oxygen atoms in total. The van der Waals surface area contributed by atoms with E-state index in [4.69, 9.17) is 10.7 Å². The van der Waals surface area contributed by atoms with Crippen LogP contribution in [-0.4, -0.2) is 40.0 Å². The Balaban J connectivity index is 1.98. The maximum absolute atomic E-state index is 6.01. The van der Waals surface area contributed by atoms with Crippen LogP contribution < -0.4 is 10.6 Å². The summed E-state index contributed by atoms with van der Waals surface area (Å²) >= 11 is 3.72. The van der Waals surface area contributed by atoms with Crippen LogP contribution >= 0.6 is 23.1 Å². The smallest absolute Gasteiger partial charge is 0.195 e. The lowest BCUT2D eigenvalue weighted by Gasteiger charge is -2.25. The van der Waals surface area contributed by atoms with Crippen LogP contribution in [-0.2, 0) is 6.42 Å². The Morgan fingerprint density at radius 2 is 2.47 bits per heavy atom. The molecule has 0 aromatic carbocycles. The molecule has 0 radical (unpaired) electrons. The number of hydrogen-bond acceptors (Lipinski definition) is 5. The molecule has 2 N–H and O–H groups in total. The van der Waals surface area contributed by atoms with Gasteiger partial charge in [-0.3, -0.25) is 4.40 Å². The maximum atomic E-state index is 6.01. The van der Waals surface area contributed by atoms with E-state index >= 15 is 0 Å². The minimum atomic E-state index is 0.157. The summed E-state index contributed by atoms with van der Waals surface area (Å²) in [5.74, 6) is 3.59. The molecular weight excluding hydrogens is 276 g/mol. The van der Waals surface area contributed by atoms with Gasteiger partial charge in [0.25, 0.3) is 0 Å². The predicted molar refractivity (Wildman–Crippen MR) is 84.6 cm³/mol. The third-order valence-corrected chi connectivity index (χ3v) is 5.54. The SMILES string of the molecule is CC(N)Cc1c(N(C)C2CCSC2)nc2sccn12. The normalized spacial score (nSPS) is 21.1. The van der Waals surface area contributed by atoms with Crippen LogP contribution in [0.2, 0.25) is 0 Å². The number of hydrogen-bond donors (Lipinski definition) is 1. The van der Waals surface area contributed by atoms with Gasteiger partial charge >= 0.3 is 0 Å². The first kappa shape index (κ1) is 13.3. The Labute approximate surface area is 122 Å². The minimum Gasteiger partial charge on any atom is -0.354 e. The summed E-state index contributed by atoms with van der Waals surface area (Å²) in [4.78, 5) is 8.24. The third kappa shape index (κ3) is 2.49. The van der Waals surface area contributed by atoms with E-state index < -0.39 is 0 Å². The van der Waals surface area contributed by atoms with E-state index in [9.17, 15) is 0 Å². The zero-order valence-corrected chi connectivity index (χ0v) is 13.0. The topological polar surface area (TPSA) is 46.6 Å². The van der Waals surface area contributed by atoms with E-state index in [0.29, 0.717) is 6.04 Å². The van der Waals surface area contributed by atoms with E-state index in [-0.39, 0.29) is 6.04 Å². The summed E-state index contributed by atoms with van der Waals surface area (Å²) in [6.45, 7) is 2.06. The van der Waals surface area contributed by atoms with Gasteiger partial charge in [0.1, 0.15) is 0 Å². The van der Waals surface area contributed by atoms with E-state index in [1.165, 1.54) is 23.6 Å². The van der Waals surface area contributed by atoms with Crippen molar-refractivity contribution in [1.29, 1.82) is 0 Å². The zero-order valence-electron chi connectivity index (χ0n) is 11.4. The molecule has 1 aliphatic heterocycles. The minimum absolute atomic E-state index is 0.157. The molecule has 6 heteroatoms. The lowest BCUT2D eigenvalue weighted by Crippen LogP contribution is -2.33. The second kappa shape index (κ2) is 5.34. The molecule has 2 aromatic rings. The Bertz CT molecular complexity index is 554. The number of thiazole rings is 1. The second-order valence-corrected chi connectivity index (χ2v) is 7.27. The number of nitrogens with two attached hydrogens (primary N) is 1. The van der Waals surface area contributed by atoms with Crippen molar-refractivity contribution in [2.24, 2.45) is 5.73 Å². The predicted octanol–water partition coefficient (Wildman–Crippen LogP) is 2.23. The van der Waals surface area contributed by atoms with Crippen LogP contribution in [0.5, 0.6) is 0 Å². The van der Waals surface area contributed by atoms with Gasteiger partial charge in [-0.05, 0) is 19.1 Å². The lowest BCUT2D eigenvalue weighted by molar-refractivity contribution is 0.674. The van der Waals surface area contributed by atoms with E-state index in [1.54, 1.807) is 11.3 Å². The van der Waals surface area contributed by atoms with Crippen LogP contribution in [0.1, 0.15) is 19.0 Å². The Kier molecular flexibility index (Phi) is 3.73. The quantitative estimate of drug-likeness (QED) is 0.940. The van der Waals surface area contributed by atoms with Crippen molar-refractivity contribution < 1.29 is 0 Å². The fraction of sp³-hybridized carbons (Fsp3) is 0.615. The molecule has 1 fully saturated rings. The van der Waals surface area contributed by atoms with E-state index in [0.717, 1.165) is 17.2 Å². The van der Waals surface area contributed by atoms with Crippen LogP contribution in [0.25, 0.3) is 4.96 Å². The molecule has 104 valence electrons. The highest BCUT2D eigenvalue weighted by Gasteiger charge is 2.25. The van der Waals surface area contributed by atoms with Crippen molar-refractivity contribution in [2.45, 2.75) is 31.8 Å². The van der Waals surface area contributed by atoms with Crippen molar-refractivity contribution in [2.75, 3.05) is 23.5 Å². The van der Waals surface area contributed by atoms with Crippen LogP contribution in [0.3, 0.4) is 0 Å². The summed E-state index contributed by atoms with van der Waals surface area (Å²) in [6, 6.07) is 0.770. The molecule has 2 unspecified atom stereocenters. The van der Waals surface area contributed by atoms with Gasteiger partial charge < -0.3 is 10.6 Å². The molecule has 3 heterocycles. The van der Waals surface area contributed by atoms with Gasteiger partial charge in [-0.25, -0.2) is 4.98 Å². The molecule has 0 aliphatic carbocycles. The van der Waals surface area contributed by atoms with Crippen molar-refractivity contribution in [3.05, 3.63) is 17.3 Å². The highest BCUT2D eigenvalue weighted by Crippen LogP contribution is 2.30. The van der Waals surface area contributed by atoms with E-state index in [1.807, 2.05) is 11.8 Å². The first-order valence-corrected chi connectivity index (χ1v) is 8.71. The standard InChI is InChI=1S/C13H20N4S2/c1-9(14)7-11-12(15-13-17(11)4-6-19-13)16(2)10-3-5-18-8-10/h4,6,9-10H,3,5,7-8,14H2,1-2H3. The van der Waals surface area contributed by atoms with E-state index in [2.05, 4.69) is 34.8 Å². The number of anilines is 1. The summed E-state index contributed by atoms with van der Waals surface area (Å²) in [6.07, 6.45) is 4.23. The van der Waals surface area contributed by atoms with Gasteiger partial charge in [0, 0.05) is 42.9 Å². The molecule has 0 amide bonds. The number of thioether (sulfide) groups is 1.